The average molecular weight is 232 g/mol. The van der Waals surface area contributed by atoms with Crippen molar-refractivity contribution in [1.29, 1.82) is 0 Å². The summed E-state index contributed by atoms with van der Waals surface area (Å²) in [5.41, 5.74) is 6.20. The van der Waals surface area contributed by atoms with Gasteiger partial charge < -0.3 is 4.98 Å². The molecule has 0 radical (unpaired) electrons. The summed E-state index contributed by atoms with van der Waals surface area (Å²) in [6, 6.07) is 5.97. The van der Waals surface area contributed by atoms with Gasteiger partial charge in [0.15, 0.2) is 0 Å². The lowest BCUT2D eigenvalue weighted by Gasteiger charge is -2.00. The Bertz CT molecular complexity index is 558. The van der Waals surface area contributed by atoms with Gasteiger partial charge in [0.05, 0.1) is 6.61 Å². The van der Waals surface area contributed by atoms with Crippen molar-refractivity contribution in [1.82, 2.24) is 10.5 Å². The van der Waals surface area contributed by atoms with E-state index in [1.165, 1.54) is 5.56 Å². The maximum Gasteiger partial charge on any atom is 0.291 e. The average Bonchev–Trinajstić information content (AvgIpc) is 2.69. The monoisotopic (exact) mass is 232 g/mol. The molecule has 1 heterocycles. The van der Waals surface area contributed by atoms with Gasteiger partial charge in [0.1, 0.15) is 5.69 Å². The van der Waals surface area contributed by atoms with Crippen LogP contribution in [0.15, 0.2) is 18.2 Å². The van der Waals surface area contributed by atoms with Gasteiger partial charge in [-0.15, -0.1) is 0 Å². The molecule has 4 nitrogen and oxygen atoms in total. The van der Waals surface area contributed by atoms with E-state index in [2.05, 4.69) is 16.5 Å². The number of carbonyl (C=O) groups is 1. The van der Waals surface area contributed by atoms with Crippen molar-refractivity contribution < 1.29 is 9.63 Å². The van der Waals surface area contributed by atoms with Gasteiger partial charge >= 0.3 is 0 Å². The predicted molar refractivity (Wildman–Crippen MR) is 66.9 cm³/mol. The van der Waals surface area contributed by atoms with Gasteiger partial charge in [-0.3, -0.25) is 9.63 Å². The quantitative estimate of drug-likeness (QED) is 0.799. The molecule has 0 spiro atoms. The van der Waals surface area contributed by atoms with Crippen molar-refractivity contribution in [2.45, 2.75) is 20.8 Å². The van der Waals surface area contributed by atoms with E-state index in [1.54, 1.807) is 0 Å². The lowest BCUT2D eigenvalue weighted by molar-refractivity contribution is 0.0360. The summed E-state index contributed by atoms with van der Waals surface area (Å²) in [5.74, 6) is -0.250. The van der Waals surface area contributed by atoms with Crippen LogP contribution in [0.5, 0.6) is 0 Å². The van der Waals surface area contributed by atoms with Crippen LogP contribution in [-0.4, -0.2) is 17.5 Å². The number of amides is 1. The zero-order chi connectivity index (χ0) is 12.4. The lowest BCUT2D eigenvalue weighted by atomic mass is 10.1. The third-order valence-corrected chi connectivity index (χ3v) is 2.64. The Morgan fingerprint density at radius 3 is 2.82 bits per heavy atom. The number of H-pyrrole nitrogens is 1. The van der Waals surface area contributed by atoms with Crippen molar-refractivity contribution >= 4 is 16.8 Å². The molecule has 0 saturated carbocycles. The number of aromatic nitrogens is 1. The van der Waals surface area contributed by atoms with Crippen LogP contribution in [0.4, 0.5) is 0 Å². The van der Waals surface area contributed by atoms with Crippen LogP contribution in [0.3, 0.4) is 0 Å². The zero-order valence-electron chi connectivity index (χ0n) is 10.3. The molecule has 0 aliphatic heterocycles. The van der Waals surface area contributed by atoms with Crippen LogP contribution >= 0.6 is 0 Å². The van der Waals surface area contributed by atoms with E-state index in [-0.39, 0.29) is 5.91 Å². The van der Waals surface area contributed by atoms with E-state index in [1.807, 2.05) is 32.9 Å². The normalized spacial score (nSPS) is 10.8. The first kappa shape index (κ1) is 11.7. The maximum atomic E-state index is 11.7. The molecule has 2 aromatic rings. The molecule has 0 aliphatic rings. The number of benzene rings is 1. The Balaban J connectivity index is 2.37. The number of aryl methyl sites for hydroxylation is 2. The first-order valence-corrected chi connectivity index (χ1v) is 5.64. The molecule has 1 aromatic carbocycles. The predicted octanol–water partition coefficient (Wildman–Crippen LogP) is 2.47. The number of hydrogen-bond acceptors (Lipinski definition) is 2. The zero-order valence-corrected chi connectivity index (χ0v) is 10.3. The third-order valence-electron chi connectivity index (χ3n) is 2.64. The highest BCUT2D eigenvalue weighted by Gasteiger charge is 2.10. The molecule has 0 bridgehead atoms. The first-order chi connectivity index (χ1) is 8.11. The molecular weight excluding hydrogens is 216 g/mol. The Labute approximate surface area is 99.9 Å². The molecule has 90 valence electrons. The standard InChI is InChI=1S/C13H16N2O2/c1-4-17-15-13(16)12-7-10-9(3)5-8(2)6-11(10)14-12/h5-7,14H,4H2,1-3H3,(H,15,16). The second kappa shape index (κ2) is 4.59. The van der Waals surface area contributed by atoms with Gasteiger partial charge in [-0.2, -0.15) is 0 Å². The minimum Gasteiger partial charge on any atom is -0.350 e. The smallest absolute Gasteiger partial charge is 0.291 e. The molecule has 1 amide bonds. The van der Waals surface area contributed by atoms with Crippen molar-refractivity contribution in [3.8, 4) is 0 Å². The summed E-state index contributed by atoms with van der Waals surface area (Å²) < 4.78 is 0. The van der Waals surface area contributed by atoms with Gasteiger partial charge in [0, 0.05) is 10.9 Å². The molecule has 4 heteroatoms. The molecular formula is C13H16N2O2. The Morgan fingerprint density at radius 1 is 1.35 bits per heavy atom. The van der Waals surface area contributed by atoms with Crippen molar-refractivity contribution in [3.05, 3.63) is 35.0 Å². The summed E-state index contributed by atoms with van der Waals surface area (Å²) in [4.78, 5) is 19.7. The van der Waals surface area contributed by atoms with Crippen LogP contribution < -0.4 is 5.48 Å². The van der Waals surface area contributed by atoms with Crippen LogP contribution in [0.25, 0.3) is 10.9 Å². The number of aromatic amines is 1. The highest BCUT2D eigenvalue weighted by atomic mass is 16.6. The lowest BCUT2D eigenvalue weighted by Crippen LogP contribution is -2.23. The van der Waals surface area contributed by atoms with Crippen molar-refractivity contribution in [2.24, 2.45) is 0 Å². The van der Waals surface area contributed by atoms with Gasteiger partial charge in [-0.05, 0) is 44.0 Å². The summed E-state index contributed by atoms with van der Waals surface area (Å²) in [6.07, 6.45) is 0. The summed E-state index contributed by atoms with van der Waals surface area (Å²) in [7, 11) is 0. The second-order valence-corrected chi connectivity index (χ2v) is 4.09. The van der Waals surface area contributed by atoms with Gasteiger partial charge in [0.25, 0.3) is 5.91 Å². The Kier molecular flexibility index (Phi) is 3.15. The van der Waals surface area contributed by atoms with Gasteiger partial charge in [0.2, 0.25) is 0 Å². The molecule has 0 aliphatic carbocycles. The highest BCUT2D eigenvalue weighted by molar-refractivity contribution is 5.98. The van der Waals surface area contributed by atoms with E-state index in [0.29, 0.717) is 12.3 Å². The molecule has 0 saturated heterocycles. The van der Waals surface area contributed by atoms with Crippen molar-refractivity contribution in [2.75, 3.05) is 6.61 Å². The minimum atomic E-state index is -0.250. The van der Waals surface area contributed by atoms with E-state index in [0.717, 1.165) is 16.5 Å². The van der Waals surface area contributed by atoms with E-state index in [9.17, 15) is 4.79 Å². The summed E-state index contributed by atoms with van der Waals surface area (Å²) in [5, 5.41) is 1.07. The third kappa shape index (κ3) is 2.31. The fourth-order valence-corrected chi connectivity index (χ4v) is 1.91. The Morgan fingerprint density at radius 2 is 2.12 bits per heavy atom. The number of rotatable bonds is 3. The highest BCUT2D eigenvalue weighted by Crippen LogP contribution is 2.21. The second-order valence-electron chi connectivity index (χ2n) is 4.09. The number of carbonyl (C=O) groups excluding carboxylic acids is 1. The molecule has 0 atom stereocenters. The van der Waals surface area contributed by atoms with Crippen LogP contribution in [0.2, 0.25) is 0 Å². The maximum absolute atomic E-state index is 11.7. The number of fused-ring (bicyclic) bond motifs is 1. The number of hydrogen-bond donors (Lipinski definition) is 2. The molecule has 0 fully saturated rings. The Hall–Kier alpha value is -1.81. The van der Waals surface area contributed by atoms with Gasteiger partial charge in [-0.1, -0.05) is 6.07 Å². The molecule has 17 heavy (non-hydrogen) atoms. The van der Waals surface area contributed by atoms with Crippen molar-refractivity contribution in [3.63, 3.8) is 0 Å². The van der Waals surface area contributed by atoms with E-state index < -0.39 is 0 Å². The fraction of sp³-hybridized carbons (Fsp3) is 0.308. The first-order valence-electron chi connectivity index (χ1n) is 5.64. The van der Waals surface area contributed by atoms with Gasteiger partial charge in [-0.25, -0.2) is 5.48 Å². The fourth-order valence-electron chi connectivity index (χ4n) is 1.91. The minimum absolute atomic E-state index is 0.250. The molecule has 1 aromatic heterocycles. The van der Waals surface area contributed by atoms with Crippen LogP contribution in [-0.2, 0) is 4.84 Å². The summed E-state index contributed by atoms with van der Waals surface area (Å²) >= 11 is 0. The molecule has 2 N–H and O–H groups in total. The largest absolute Gasteiger partial charge is 0.350 e. The topological polar surface area (TPSA) is 54.1 Å². The SMILES string of the molecule is CCONC(=O)c1cc2c(C)cc(C)cc2[nH]1. The van der Waals surface area contributed by atoms with Crippen LogP contribution in [0.1, 0.15) is 28.5 Å². The summed E-state index contributed by atoms with van der Waals surface area (Å²) in [6.45, 7) is 6.34. The molecule has 0 unspecified atom stereocenters. The number of nitrogens with one attached hydrogen (secondary N) is 2. The van der Waals surface area contributed by atoms with E-state index >= 15 is 0 Å². The van der Waals surface area contributed by atoms with Crippen LogP contribution in [0, 0.1) is 13.8 Å². The molecule has 2 rings (SSSR count). The van der Waals surface area contributed by atoms with E-state index in [4.69, 9.17) is 4.84 Å². The number of hydroxylamine groups is 1.